The van der Waals surface area contributed by atoms with Crippen LogP contribution in [0.4, 0.5) is 0 Å². The SMILES string of the molecule is CCC(C)(C)COC(=O)c1ccccc1C(=O)OCC(C)C. The van der Waals surface area contributed by atoms with Crippen molar-refractivity contribution in [2.75, 3.05) is 13.2 Å². The van der Waals surface area contributed by atoms with Crippen LogP contribution in [0.5, 0.6) is 0 Å². The molecule has 0 fully saturated rings. The summed E-state index contributed by atoms with van der Waals surface area (Å²) in [7, 11) is 0. The number of hydrogen-bond acceptors (Lipinski definition) is 4. The Balaban J connectivity index is 2.82. The summed E-state index contributed by atoms with van der Waals surface area (Å²) in [4.78, 5) is 24.3. The van der Waals surface area contributed by atoms with Gasteiger partial charge in [-0.15, -0.1) is 0 Å². The van der Waals surface area contributed by atoms with Crippen LogP contribution in [0.25, 0.3) is 0 Å². The molecule has 0 unspecified atom stereocenters. The van der Waals surface area contributed by atoms with Gasteiger partial charge in [-0.05, 0) is 29.9 Å². The van der Waals surface area contributed by atoms with Crippen molar-refractivity contribution in [1.29, 1.82) is 0 Å². The van der Waals surface area contributed by atoms with Gasteiger partial charge in [0.25, 0.3) is 0 Å². The van der Waals surface area contributed by atoms with E-state index < -0.39 is 11.9 Å². The number of ether oxygens (including phenoxy) is 2. The first kappa shape index (κ1) is 18.2. The van der Waals surface area contributed by atoms with Crippen molar-refractivity contribution in [3.8, 4) is 0 Å². The normalized spacial score (nSPS) is 11.4. The van der Waals surface area contributed by atoms with Gasteiger partial charge in [-0.3, -0.25) is 0 Å². The Morgan fingerprint density at radius 2 is 1.55 bits per heavy atom. The summed E-state index contributed by atoms with van der Waals surface area (Å²) < 4.78 is 10.6. The molecule has 0 aromatic heterocycles. The number of hydrogen-bond donors (Lipinski definition) is 0. The summed E-state index contributed by atoms with van der Waals surface area (Å²) in [5.74, 6) is -0.733. The predicted molar refractivity (Wildman–Crippen MR) is 85.9 cm³/mol. The minimum absolute atomic E-state index is 0.0806. The van der Waals surface area contributed by atoms with Gasteiger partial charge in [-0.25, -0.2) is 9.59 Å². The van der Waals surface area contributed by atoms with Gasteiger partial charge in [0.15, 0.2) is 0 Å². The zero-order chi connectivity index (χ0) is 16.8. The van der Waals surface area contributed by atoms with E-state index in [1.165, 1.54) is 0 Å². The van der Waals surface area contributed by atoms with Gasteiger partial charge in [0.05, 0.1) is 24.3 Å². The van der Waals surface area contributed by atoms with Crippen LogP contribution in [0.15, 0.2) is 24.3 Å². The predicted octanol–water partition coefficient (Wildman–Crippen LogP) is 4.09. The number of carbonyl (C=O) groups excluding carboxylic acids is 2. The highest BCUT2D eigenvalue weighted by Crippen LogP contribution is 2.21. The molecule has 22 heavy (non-hydrogen) atoms. The molecule has 1 aromatic rings. The third kappa shape index (κ3) is 5.51. The van der Waals surface area contributed by atoms with Crippen molar-refractivity contribution in [2.45, 2.75) is 41.0 Å². The van der Waals surface area contributed by atoms with Gasteiger partial charge in [0.2, 0.25) is 0 Å². The monoisotopic (exact) mass is 306 g/mol. The summed E-state index contributed by atoms with van der Waals surface area (Å²) >= 11 is 0. The number of carbonyl (C=O) groups is 2. The fourth-order valence-corrected chi connectivity index (χ4v) is 1.60. The summed E-state index contributed by atoms with van der Waals surface area (Å²) in [6.07, 6.45) is 0.901. The average Bonchev–Trinajstić information content (AvgIpc) is 2.50. The van der Waals surface area contributed by atoms with E-state index in [4.69, 9.17) is 9.47 Å². The Morgan fingerprint density at radius 1 is 1.05 bits per heavy atom. The molecule has 0 aliphatic rings. The Kier molecular flexibility index (Phi) is 6.60. The van der Waals surface area contributed by atoms with Crippen LogP contribution in [0.2, 0.25) is 0 Å². The van der Waals surface area contributed by atoms with Crippen molar-refractivity contribution < 1.29 is 19.1 Å². The Morgan fingerprint density at radius 3 is 2.00 bits per heavy atom. The molecule has 0 amide bonds. The molecule has 0 N–H and O–H groups in total. The molecule has 4 heteroatoms. The third-order valence-electron chi connectivity index (χ3n) is 3.47. The molecule has 4 nitrogen and oxygen atoms in total. The van der Waals surface area contributed by atoms with E-state index >= 15 is 0 Å². The smallest absolute Gasteiger partial charge is 0.339 e. The van der Waals surface area contributed by atoms with E-state index in [1.54, 1.807) is 24.3 Å². The van der Waals surface area contributed by atoms with Crippen molar-refractivity contribution >= 4 is 11.9 Å². The topological polar surface area (TPSA) is 52.6 Å². The maximum atomic E-state index is 12.2. The van der Waals surface area contributed by atoms with Gasteiger partial charge in [0, 0.05) is 0 Å². The third-order valence-corrected chi connectivity index (χ3v) is 3.47. The molecule has 0 bridgehead atoms. The highest BCUT2D eigenvalue weighted by atomic mass is 16.5. The van der Waals surface area contributed by atoms with Gasteiger partial charge >= 0.3 is 11.9 Å². The van der Waals surface area contributed by atoms with Gasteiger partial charge in [-0.2, -0.15) is 0 Å². The first-order valence-corrected chi connectivity index (χ1v) is 7.70. The largest absolute Gasteiger partial charge is 0.462 e. The first-order valence-electron chi connectivity index (χ1n) is 7.70. The maximum absolute atomic E-state index is 12.2. The van der Waals surface area contributed by atoms with E-state index in [0.717, 1.165) is 6.42 Å². The highest BCUT2D eigenvalue weighted by Gasteiger charge is 2.22. The molecule has 0 saturated heterocycles. The van der Waals surface area contributed by atoms with Crippen LogP contribution in [-0.4, -0.2) is 25.2 Å². The Hall–Kier alpha value is -1.84. The van der Waals surface area contributed by atoms with Gasteiger partial charge in [0.1, 0.15) is 0 Å². The summed E-state index contributed by atoms with van der Waals surface area (Å²) in [6.45, 7) is 10.7. The summed E-state index contributed by atoms with van der Waals surface area (Å²) in [6, 6.07) is 6.59. The Labute approximate surface area is 132 Å². The second-order valence-corrected chi connectivity index (χ2v) is 6.63. The summed E-state index contributed by atoms with van der Waals surface area (Å²) in [5, 5.41) is 0. The van der Waals surface area contributed by atoms with Gasteiger partial charge < -0.3 is 9.47 Å². The lowest BCUT2D eigenvalue weighted by atomic mass is 9.92. The van der Waals surface area contributed by atoms with Crippen LogP contribution in [0.1, 0.15) is 61.8 Å². The van der Waals surface area contributed by atoms with Crippen LogP contribution < -0.4 is 0 Å². The van der Waals surface area contributed by atoms with Crippen molar-refractivity contribution in [1.82, 2.24) is 0 Å². The lowest BCUT2D eigenvalue weighted by Crippen LogP contribution is -2.22. The van der Waals surface area contributed by atoms with Crippen LogP contribution in [-0.2, 0) is 9.47 Å². The molecule has 0 spiro atoms. The van der Waals surface area contributed by atoms with E-state index in [-0.39, 0.29) is 22.5 Å². The molecule has 0 aliphatic carbocycles. The van der Waals surface area contributed by atoms with E-state index in [2.05, 4.69) is 0 Å². The highest BCUT2D eigenvalue weighted by molar-refractivity contribution is 6.03. The van der Waals surface area contributed by atoms with E-state index in [9.17, 15) is 9.59 Å². The summed E-state index contributed by atoms with van der Waals surface area (Å²) in [5.41, 5.74) is 0.425. The molecule has 0 aliphatic heterocycles. The van der Waals surface area contributed by atoms with Crippen molar-refractivity contribution in [2.24, 2.45) is 11.3 Å². The fraction of sp³-hybridized carbons (Fsp3) is 0.556. The lowest BCUT2D eigenvalue weighted by molar-refractivity contribution is 0.0321. The number of esters is 2. The standard InChI is InChI=1S/C18H26O4/c1-6-18(4,5)12-22-17(20)15-10-8-7-9-14(15)16(19)21-11-13(2)3/h7-10,13H,6,11-12H2,1-5H3. The maximum Gasteiger partial charge on any atom is 0.339 e. The molecule has 0 radical (unpaired) electrons. The van der Waals surface area contributed by atoms with Crippen LogP contribution in [0, 0.1) is 11.3 Å². The molecule has 0 atom stereocenters. The average molecular weight is 306 g/mol. The molecular formula is C18H26O4. The Bertz CT molecular complexity index is 518. The van der Waals surface area contributed by atoms with Crippen molar-refractivity contribution in [3.63, 3.8) is 0 Å². The quantitative estimate of drug-likeness (QED) is 0.712. The molecule has 1 rings (SSSR count). The zero-order valence-electron chi connectivity index (χ0n) is 14.1. The minimum atomic E-state index is -0.490. The zero-order valence-corrected chi connectivity index (χ0v) is 14.1. The van der Waals surface area contributed by atoms with Crippen molar-refractivity contribution in [3.05, 3.63) is 35.4 Å². The second kappa shape index (κ2) is 7.97. The molecule has 0 saturated carbocycles. The van der Waals surface area contributed by atoms with E-state index in [0.29, 0.717) is 13.2 Å². The van der Waals surface area contributed by atoms with Crippen LogP contribution >= 0.6 is 0 Å². The number of benzene rings is 1. The molecular weight excluding hydrogens is 280 g/mol. The van der Waals surface area contributed by atoms with Crippen LogP contribution in [0.3, 0.4) is 0 Å². The van der Waals surface area contributed by atoms with Gasteiger partial charge in [-0.1, -0.05) is 46.8 Å². The molecule has 1 aromatic carbocycles. The number of rotatable bonds is 7. The minimum Gasteiger partial charge on any atom is -0.462 e. The molecule has 0 heterocycles. The first-order chi connectivity index (χ1) is 10.3. The lowest BCUT2D eigenvalue weighted by Gasteiger charge is -2.22. The second-order valence-electron chi connectivity index (χ2n) is 6.63. The fourth-order valence-electron chi connectivity index (χ4n) is 1.60. The molecule has 122 valence electrons. The van der Waals surface area contributed by atoms with E-state index in [1.807, 2.05) is 34.6 Å².